The topological polar surface area (TPSA) is 26.0 Å². The molecule has 0 aromatic carbocycles. The van der Waals surface area contributed by atoms with Gasteiger partial charge in [-0.15, -0.1) is 11.3 Å². The van der Waals surface area contributed by atoms with Crippen LogP contribution < -0.4 is 5.73 Å². The van der Waals surface area contributed by atoms with Gasteiger partial charge in [-0.3, -0.25) is 0 Å². The maximum atomic E-state index is 13.9. The van der Waals surface area contributed by atoms with Crippen LogP contribution in [0.5, 0.6) is 0 Å². The van der Waals surface area contributed by atoms with Crippen molar-refractivity contribution in [3.8, 4) is 0 Å². The molecule has 5 heteroatoms. The first kappa shape index (κ1) is 12.1. The molecule has 1 aromatic rings. The summed E-state index contributed by atoms with van der Waals surface area (Å²) in [7, 11) is 0. The first-order valence-electron chi connectivity index (χ1n) is 4.13. The Balaban J connectivity index is 3.07. The van der Waals surface area contributed by atoms with Gasteiger partial charge in [0.2, 0.25) is 0 Å². The van der Waals surface area contributed by atoms with E-state index in [1.165, 1.54) is 19.9 Å². The molecule has 0 aliphatic heterocycles. The highest BCUT2D eigenvalue weighted by atomic mass is 79.9. The molecule has 0 fully saturated rings. The maximum Gasteiger partial charge on any atom is 0.288 e. The molecule has 0 radical (unpaired) electrons. The van der Waals surface area contributed by atoms with Crippen LogP contribution in [0.3, 0.4) is 0 Å². The van der Waals surface area contributed by atoms with Crippen molar-refractivity contribution >= 4 is 27.3 Å². The Labute approximate surface area is 94.4 Å². The van der Waals surface area contributed by atoms with Gasteiger partial charge >= 0.3 is 0 Å². The Morgan fingerprint density at radius 2 is 2.07 bits per heavy atom. The zero-order chi connectivity index (χ0) is 11.0. The van der Waals surface area contributed by atoms with Crippen molar-refractivity contribution in [2.75, 3.05) is 6.54 Å². The predicted molar refractivity (Wildman–Crippen MR) is 58.7 cm³/mol. The molecule has 0 aliphatic carbocycles. The first-order valence-corrected chi connectivity index (χ1v) is 5.81. The highest BCUT2D eigenvalue weighted by molar-refractivity contribution is 9.10. The largest absolute Gasteiger partial charge is 0.330 e. The van der Waals surface area contributed by atoms with Crippen LogP contribution in [0.25, 0.3) is 0 Å². The van der Waals surface area contributed by atoms with E-state index in [0.717, 1.165) is 11.3 Å². The highest BCUT2D eigenvalue weighted by Crippen LogP contribution is 2.46. The fraction of sp³-hybridized carbons (Fsp3) is 0.556. The Morgan fingerprint density at radius 1 is 1.50 bits per heavy atom. The van der Waals surface area contributed by atoms with E-state index >= 15 is 0 Å². The SMILES string of the molecule is CC(C)(CN)C(F)(F)c1cc(Br)cs1. The van der Waals surface area contributed by atoms with E-state index in [4.69, 9.17) is 5.73 Å². The zero-order valence-electron chi connectivity index (χ0n) is 7.98. The lowest BCUT2D eigenvalue weighted by Crippen LogP contribution is -2.39. The molecule has 0 saturated heterocycles. The lowest BCUT2D eigenvalue weighted by molar-refractivity contribution is -0.105. The van der Waals surface area contributed by atoms with Gasteiger partial charge < -0.3 is 5.73 Å². The summed E-state index contributed by atoms with van der Waals surface area (Å²) in [4.78, 5) is 0.0554. The summed E-state index contributed by atoms with van der Waals surface area (Å²) in [6.07, 6.45) is 0. The van der Waals surface area contributed by atoms with Crippen LogP contribution >= 0.6 is 27.3 Å². The fourth-order valence-electron chi connectivity index (χ4n) is 0.939. The lowest BCUT2D eigenvalue weighted by atomic mass is 9.85. The van der Waals surface area contributed by atoms with Gasteiger partial charge in [0.05, 0.1) is 4.88 Å². The van der Waals surface area contributed by atoms with Crippen molar-refractivity contribution in [1.82, 2.24) is 0 Å². The van der Waals surface area contributed by atoms with E-state index in [0.29, 0.717) is 4.47 Å². The number of halogens is 3. The molecule has 0 atom stereocenters. The molecule has 0 aliphatic rings. The Kier molecular flexibility index (Phi) is 3.33. The molecule has 1 nitrogen and oxygen atoms in total. The molecule has 0 amide bonds. The van der Waals surface area contributed by atoms with E-state index in [1.807, 2.05) is 0 Å². The third kappa shape index (κ3) is 1.99. The van der Waals surface area contributed by atoms with Gasteiger partial charge in [-0.2, -0.15) is 8.78 Å². The fourth-order valence-corrected chi connectivity index (χ4v) is 2.53. The molecule has 1 heterocycles. The van der Waals surface area contributed by atoms with Crippen LogP contribution in [0.1, 0.15) is 18.7 Å². The number of rotatable bonds is 3. The van der Waals surface area contributed by atoms with Crippen LogP contribution in [0.2, 0.25) is 0 Å². The van der Waals surface area contributed by atoms with Crippen molar-refractivity contribution in [2.45, 2.75) is 19.8 Å². The number of alkyl halides is 2. The van der Waals surface area contributed by atoms with Gasteiger partial charge in [-0.1, -0.05) is 13.8 Å². The Bertz CT molecular complexity index is 322. The number of hydrogen-bond donors (Lipinski definition) is 1. The average Bonchev–Trinajstić information content (AvgIpc) is 2.52. The summed E-state index contributed by atoms with van der Waals surface area (Å²) in [6, 6.07) is 1.45. The minimum atomic E-state index is -2.88. The van der Waals surface area contributed by atoms with Crippen molar-refractivity contribution in [2.24, 2.45) is 11.1 Å². The zero-order valence-corrected chi connectivity index (χ0v) is 10.4. The van der Waals surface area contributed by atoms with Crippen LogP contribution in [0.15, 0.2) is 15.9 Å². The van der Waals surface area contributed by atoms with Crippen LogP contribution in [0.4, 0.5) is 8.78 Å². The molecule has 0 saturated carbocycles. The maximum absolute atomic E-state index is 13.9. The monoisotopic (exact) mass is 283 g/mol. The van der Waals surface area contributed by atoms with Crippen molar-refractivity contribution in [3.05, 3.63) is 20.8 Å². The van der Waals surface area contributed by atoms with E-state index in [1.54, 1.807) is 5.38 Å². The van der Waals surface area contributed by atoms with Crippen LogP contribution in [-0.4, -0.2) is 6.54 Å². The van der Waals surface area contributed by atoms with Crippen LogP contribution in [0, 0.1) is 5.41 Å². The summed E-state index contributed by atoms with van der Waals surface area (Å²) in [5.41, 5.74) is 4.14. The third-order valence-corrected chi connectivity index (χ3v) is 4.00. The minimum absolute atomic E-state index is 0.0461. The second-order valence-corrected chi connectivity index (χ2v) is 5.62. The minimum Gasteiger partial charge on any atom is -0.330 e. The molecule has 14 heavy (non-hydrogen) atoms. The van der Waals surface area contributed by atoms with E-state index in [2.05, 4.69) is 15.9 Å². The number of nitrogens with two attached hydrogens (primary N) is 1. The Hall–Kier alpha value is -0.0000000000000000833. The molecule has 0 bridgehead atoms. The third-order valence-electron chi connectivity index (χ3n) is 2.24. The summed E-state index contributed by atoms with van der Waals surface area (Å²) in [6.45, 7) is 2.90. The van der Waals surface area contributed by atoms with Gasteiger partial charge in [0.25, 0.3) is 5.92 Å². The standard InChI is InChI=1S/C9H12BrF2NS/c1-8(2,5-13)9(11,12)7-3-6(10)4-14-7/h3-4H,5,13H2,1-2H3. The molecule has 0 spiro atoms. The quantitative estimate of drug-likeness (QED) is 0.902. The van der Waals surface area contributed by atoms with Gasteiger partial charge in [0, 0.05) is 21.8 Å². The van der Waals surface area contributed by atoms with Gasteiger partial charge in [0.1, 0.15) is 0 Å². The van der Waals surface area contributed by atoms with Gasteiger partial charge in [0.15, 0.2) is 0 Å². The second kappa shape index (κ2) is 3.87. The Morgan fingerprint density at radius 3 is 2.43 bits per heavy atom. The van der Waals surface area contributed by atoms with E-state index in [9.17, 15) is 8.78 Å². The highest BCUT2D eigenvalue weighted by Gasteiger charge is 2.48. The normalized spacial score (nSPS) is 13.3. The molecule has 0 unspecified atom stereocenters. The molecular weight excluding hydrogens is 272 g/mol. The molecule has 2 N–H and O–H groups in total. The average molecular weight is 284 g/mol. The molecule has 1 aromatic heterocycles. The first-order chi connectivity index (χ1) is 6.31. The summed E-state index contributed by atoms with van der Waals surface area (Å²) < 4.78 is 28.4. The smallest absolute Gasteiger partial charge is 0.288 e. The van der Waals surface area contributed by atoms with E-state index < -0.39 is 11.3 Å². The number of thiophene rings is 1. The second-order valence-electron chi connectivity index (χ2n) is 3.79. The van der Waals surface area contributed by atoms with Crippen molar-refractivity contribution in [1.29, 1.82) is 0 Å². The van der Waals surface area contributed by atoms with E-state index in [-0.39, 0.29) is 11.4 Å². The molecule has 80 valence electrons. The molecular formula is C9H12BrF2NS. The number of hydrogen-bond acceptors (Lipinski definition) is 2. The predicted octanol–water partition coefficient (Wildman–Crippen LogP) is 3.59. The molecule has 1 rings (SSSR count). The van der Waals surface area contributed by atoms with Gasteiger partial charge in [-0.25, -0.2) is 0 Å². The van der Waals surface area contributed by atoms with Crippen molar-refractivity contribution < 1.29 is 8.78 Å². The summed E-state index contributed by atoms with van der Waals surface area (Å²) in [5.74, 6) is -2.88. The summed E-state index contributed by atoms with van der Waals surface area (Å²) >= 11 is 4.21. The lowest BCUT2D eigenvalue weighted by Gasteiger charge is -2.31. The summed E-state index contributed by atoms with van der Waals surface area (Å²) in [5, 5.41) is 1.65. The van der Waals surface area contributed by atoms with Crippen molar-refractivity contribution in [3.63, 3.8) is 0 Å². The van der Waals surface area contributed by atoms with Gasteiger partial charge in [-0.05, 0) is 22.0 Å². The van der Waals surface area contributed by atoms with Crippen LogP contribution in [-0.2, 0) is 5.92 Å².